The van der Waals surface area contributed by atoms with Gasteiger partial charge < -0.3 is 4.79 Å². The van der Waals surface area contributed by atoms with Crippen LogP contribution in [-0.4, -0.2) is 32.7 Å². The van der Waals surface area contributed by atoms with Crippen molar-refractivity contribution in [1.29, 1.82) is 0 Å². The second-order valence-electron chi connectivity index (χ2n) is 7.75. The van der Waals surface area contributed by atoms with Crippen LogP contribution in [0.3, 0.4) is 0 Å². The molecular weight excluding hydrogens is 372 g/mol. The first-order valence-electron chi connectivity index (χ1n) is 10.2. The summed E-state index contributed by atoms with van der Waals surface area (Å²) < 4.78 is 0. The van der Waals surface area contributed by atoms with Crippen LogP contribution >= 0.6 is 0 Å². The Morgan fingerprint density at radius 3 is 2.77 bits per heavy atom. The molecule has 5 heteroatoms. The van der Waals surface area contributed by atoms with Crippen molar-refractivity contribution in [2.24, 2.45) is 0 Å². The SMILES string of the molecule is Cc1ccc2nc(CCN3Cc4nccc(-c5ccncc5)c4C3C=O)ccc2c1. The number of carbonyl (C=O) groups is 1. The van der Waals surface area contributed by atoms with Crippen molar-refractivity contribution < 1.29 is 4.79 Å². The van der Waals surface area contributed by atoms with Gasteiger partial charge >= 0.3 is 0 Å². The van der Waals surface area contributed by atoms with E-state index in [4.69, 9.17) is 4.98 Å². The van der Waals surface area contributed by atoms with Crippen molar-refractivity contribution in [3.63, 3.8) is 0 Å². The molecule has 0 saturated heterocycles. The lowest BCUT2D eigenvalue weighted by atomic mass is 9.97. The summed E-state index contributed by atoms with van der Waals surface area (Å²) in [5, 5.41) is 1.16. The maximum Gasteiger partial charge on any atom is 0.141 e. The molecule has 1 aromatic carbocycles. The maximum absolute atomic E-state index is 12.1. The van der Waals surface area contributed by atoms with E-state index in [0.717, 1.165) is 58.2 Å². The van der Waals surface area contributed by atoms with Crippen LogP contribution in [-0.2, 0) is 17.8 Å². The third-order valence-corrected chi connectivity index (χ3v) is 5.79. The fourth-order valence-corrected chi connectivity index (χ4v) is 4.29. The van der Waals surface area contributed by atoms with Gasteiger partial charge in [-0.3, -0.25) is 19.9 Å². The molecular formula is C25H22N4O. The van der Waals surface area contributed by atoms with Crippen molar-refractivity contribution in [1.82, 2.24) is 19.9 Å². The minimum absolute atomic E-state index is 0.292. The molecule has 1 unspecified atom stereocenters. The standard InChI is InChI=1S/C25H22N4O/c1-17-2-5-22-19(14-17)3-4-20(28-22)9-13-29-15-23-25(24(29)16-30)21(8-12-27-23)18-6-10-26-11-7-18/h2-8,10-12,14,16,24H,9,13,15H2,1H3. The average molecular weight is 394 g/mol. The molecule has 1 aliphatic rings. The molecule has 0 spiro atoms. The van der Waals surface area contributed by atoms with Crippen LogP contribution in [0, 0.1) is 6.92 Å². The summed E-state index contributed by atoms with van der Waals surface area (Å²) in [4.78, 5) is 27.8. The molecule has 5 nitrogen and oxygen atoms in total. The number of nitrogens with zero attached hydrogens (tertiary/aromatic N) is 4. The predicted molar refractivity (Wildman–Crippen MR) is 117 cm³/mol. The number of fused-ring (bicyclic) bond motifs is 2. The van der Waals surface area contributed by atoms with E-state index < -0.39 is 0 Å². The first kappa shape index (κ1) is 18.6. The molecule has 0 amide bonds. The monoisotopic (exact) mass is 394 g/mol. The van der Waals surface area contributed by atoms with Crippen molar-refractivity contribution in [2.75, 3.05) is 6.54 Å². The molecule has 0 fully saturated rings. The number of aldehydes is 1. The molecule has 0 radical (unpaired) electrons. The Labute approximate surface area is 175 Å². The van der Waals surface area contributed by atoms with E-state index in [1.807, 2.05) is 24.4 Å². The first-order chi connectivity index (χ1) is 14.7. The number of rotatable bonds is 5. The molecule has 4 aromatic rings. The number of carbonyl (C=O) groups excluding carboxylic acids is 1. The Morgan fingerprint density at radius 2 is 1.93 bits per heavy atom. The minimum Gasteiger partial charge on any atom is -0.301 e. The number of hydrogen-bond acceptors (Lipinski definition) is 5. The average Bonchev–Trinajstić information content (AvgIpc) is 3.16. The van der Waals surface area contributed by atoms with Crippen LogP contribution < -0.4 is 0 Å². The first-order valence-corrected chi connectivity index (χ1v) is 10.2. The van der Waals surface area contributed by atoms with Gasteiger partial charge in [-0.1, -0.05) is 17.7 Å². The highest BCUT2D eigenvalue weighted by Gasteiger charge is 2.33. The van der Waals surface area contributed by atoms with E-state index in [9.17, 15) is 4.79 Å². The Kier molecular flexibility index (Phi) is 4.81. The van der Waals surface area contributed by atoms with E-state index in [0.29, 0.717) is 6.54 Å². The predicted octanol–water partition coefficient (Wildman–Crippen LogP) is 4.30. The highest BCUT2D eigenvalue weighted by atomic mass is 16.1. The quantitative estimate of drug-likeness (QED) is 0.473. The van der Waals surface area contributed by atoms with E-state index in [2.05, 4.69) is 52.1 Å². The lowest BCUT2D eigenvalue weighted by Crippen LogP contribution is -2.26. The molecule has 148 valence electrons. The van der Waals surface area contributed by atoms with Crippen molar-refractivity contribution >= 4 is 17.2 Å². The van der Waals surface area contributed by atoms with Gasteiger partial charge in [0, 0.05) is 54.7 Å². The van der Waals surface area contributed by atoms with Gasteiger partial charge in [-0.05, 0) is 54.4 Å². The number of aromatic nitrogens is 3. The molecule has 0 bridgehead atoms. The Balaban J connectivity index is 1.39. The van der Waals surface area contributed by atoms with E-state index in [1.54, 1.807) is 12.4 Å². The third-order valence-electron chi connectivity index (χ3n) is 5.79. The molecule has 1 aliphatic heterocycles. The van der Waals surface area contributed by atoms with Crippen LogP contribution in [0.25, 0.3) is 22.0 Å². The van der Waals surface area contributed by atoms with Crippen LogP contribution in [0.5, 0.6) is 0 Å². The summed E-state index contributed by atoms with van der Waals surface area (Å²) in [6.07, 6.45) is 7.20. The fraction of sp³-hybridized carbons (Fsp3) is 0.200. The lowest BCUT2D eigenvalue weighted by molar-refractivity contribution is -0.112. The number of hydrogen-bond donors (Lipinski definition) is 0. The van der Waals surface area contributed by atoms with Crippen LogP contribution in [0.15, 0.2) is 67.1 Å². The highest BCUT2D eigenvalue weighted by Crippen LogP contribution is 2.38. The second kappa shape index (κ2) is 7.76. The molecule has 3 aromatic heterocycles. The number of benzene rings is 1. The molecule has 5 rings (SSSR count). The summed E-state index contributed by atoms with van der Waals surface area (Å²) >= 11 is 0. The topological polar surface area (TPSA) is 59.0 Å². The normalized spacial score (nSPS) is 16.0. The van der Waals surface area contributed by atoms with Gasteiger partial charge in [0.15, 0.2) is 0 Å². The molecule has 30 heavy (non-hydrogen) atoms. The Hall–Kier alpha value is -3.44. The zero-order chi connectivity index (χ0) is 20.5. The summed E-state index contributed by atoms with van der Waals surface area (Å²) in [6.45, 7) is 3.51. The van der Waals surface area contributed by atoms with Gasteiger partial charge in [0.05, 0.1) is 17.3 Å². The smallest absolute Gasteiger partial charge is 0.141 e. The van der Waals surface area contributed by atoms with Crippen LogP contribution in [0.1, 0.15) is 28.6 Å². The Morgan fingerprint density at radius 1 is 1.07 bits per heavy atom. The van der Waals surface area contributed by atoms with Crippen molar-refractivity contribution in [3.05, 3.63) is 89.6 Å². The van der Waals surface area contributed by atoms with Crippen molar-refractivity contribution in [2.45, 2.75) is 25.9 Å². The second-order valence-corrected chi connectivity index (χ2v) is 7.75. The molecule has 0 aliphatic carbocycles. The van der Waals surface area contributed by atoms with Crippen molar-refractivity contribution in [3.8, 4) is 11.1 Å². The summed E-state index contributed by atoms with van der Waals surface area (Å²) in [6, 6.07) is 16.2. The maximum atomic E-state index is 12.1. The summed E-state index contributed by atoms with van der Waals surface area (Å²) in [7, 11) is 0. The molecule has 1 atom stereocenters. The summed E-state index contributed by atoms with van der Waals surface area (Å²) in [5.41, 5.74) is 7.39. The highest BCUT2D eigenvalue weighted by molar-refractivity contribution is 5.79. The minimum atomic E-state index is -0.292. The van der Waals surface area contributed by atoms with Gasteiger partial charge in [0.25, 0.3) is 0 Å². The van der Waals surface area contributed by atoms with E-state index in [-0.39, 0.29) is 6.04 Å². The zero-order valence-electron chi connectivity index (χ0n) is 16.8. The lowest BCUT2D eigenvalue weighted by Gasteiger charge is -2.21. The fourth-order valence-electron chi connectivity index (χ4n) is 4.29. The Bertz CT molecular complexity index is 1220. The van der Waals surface area contributed by atoms with Gasteiger partial charge in [0.1, 0.15) is 6.29 Å². The van der Waals surface area contributed by atoms with Crippen LogP contribution in [0.2, 0.25) is 0 Å². The third kappa shape index (κ3) is 3.37. The van der Waals surface area contributed by atoms with Gasteiger partial charge in [0.2, 0.25) is 0 Å². The van der Waals surface area contributed by atoms with E-state index in [1.165, 1.54) is 5.56 Å². The molecule has 0 N–H and O–H groups in total. The van der Waals surface area contributed by atoms with Gasteiger partial charge in [-0.15, -0.1) is 0 Å². The number of pyridine rings is 3. The number of aryl methyl sites for hydroxylation is 1. The summed E-state index contributed by atoms with van der Waals surface area (Å²) in [5.74, 6) is 0. The zero-order valence-corrected chi connectivity index (χ0v) is 16.8. The largest absolute Gasteiger partial charge is 0.301 e. The molecule has 0 saturated carbocycles. The van der Waals surface area contributed by atoms with Gasteiger partial charge in [-0.25, -0.2) is 0 Å². The van der Waals surface area contributed by atoms with Crippen LogP contribution in [0.4, 0.5) is 0 Å². The van der Waals surface area contributed by atoms with E-state index >= 15 is 0 Å². The molecule has 4 heterocycles. The van der Waals surface area contributed by atoms with Gasteiger partial charge in [-0.2, -0.15) is 0 Å².